The zero-order valence-electron chi connectivity index (χ0n) is 15.4. The molecular formula is C23H21NO2S. The summed E-state index contributed by atoms with van der Waals surface area (Å²) in [5.41, 5.74) is 4.60. The molecule has 3 nitrogen and oxygen atoms in total. The number of nitrogens with zero attached hydrogens (tertiary/aromatic N) is 1. The first-order valence-corrected chi connectivity index (χ1v) is 9.56. The third-order valence-electron chi connectivity index (χ3n) is 4.70. The van der Waals surface area contributed by atoms with Crippen molar-refractivity contribution in [2.24, 2.45) is 0 Å². The van der Waals surface area contributed by atoms with Crippen LogP contribution in [0.1, 0.15) is 11.1 Å². The fourth-order valence-electron chi connectivity index (χ4n) is 3.20. The molecule has 0 saturated carbocycles. The summed E-state index contributed by atoms with van der Waals surface area (Å²) in [6, 6.07) is 23.1. The van der Waals surface area contributed by atoms with Gasteiger partial charge in [0.15, 0.2) is 0 Å². The zero-order valence-corrected chi connectivity index (χ0v) is 16.3. The van der Waals surface area contributed by atoms with Crippen LogP contribution in [0, 0.1) is 0 Å². The third-order valence-corrected chi connectivity index (χ3v) is 5.83. The van der Waals surface area contributed by atoms with Gasteiger partial charge in [-0.1, -0.05) is 54.7 Å². The second-order valence-corrected chi connectivity index (χ2v) is 7.40. The Labute approximate surface area is 164 Å². The lowest BCUT2D eigenvalue weighted by Gasteiger charge is -2.33. The van der Waals surface area contributed by atoms with Crippen LogP contribution in [-0.2, 0) is 11.3 Å². The van der Waals surface area contributed by atoms with Gasteiger partial charge in [-0.25, -0.2) is 0 Å². The summed E-state index contributed by atoms with van der Waals surface area (Å²) in [6.07, 6.45) is 0. The first-order chi connectivity index (χ1) is 13.2. The van der Waals surface area contributed by atoms with Crippen LogP contribution in [0.3, 0.4) is 0 Å². The van der Waals surface area contributed by atoms with Crippen LogP contribution in [0.4, 0.5) is 11.4 Å². The first kappa shape index (κ1) is 17.6. The van der Waals surface area contributed by atoms with E-state index in [2.05, 4.69) is 72.1 Å². The minimum Gasteiger partial charge on any atom is -0.497 e. The smallest absolute Gasteiger partial charge is 0.121 e. The molecular weight excluding hydrogens is 354 g/mol. The van der Waals surface area contributed by atoms with Gasteiger partial charge in [-0.15, -0.1) is 0 Å². The van der Waals surface area contributed by atoms with E-state index in [0.29, 0.717) is 5.76 Å². The lowest BCUT2D eigenvalue weighted by Crippen LogP contribution is -2.20. The van der Waals surface area contributed by atoms with Crippen molar-refractivity contribution in [2.45, 2.75) is 16.3 Å². The molecule has 0 amide bonds. The van der Waals surface area contributed by atoms with Crippen LogP contribution in [0.15, 0.2) is 83.1 Å². The number of methoxy groups -OCH3 is 2. The summed E-state index contributed by atoms with van der Waals surface area (Å²) < 4.78 is 10.7. The predicted molar refractivity (Wildman–Crippen MR) is 112 cm³/mol. The number of hydrogen-bond donors (Lipinski definition) is 0. The highest BCUT2D eigenvalue weighted by Crippen LogP contribution is 2.49. The molecule has 0 aliphatic carbocycles. The number of benzene rings is 3. The first-order valence-electron chi connectivity index (χ1n) is 8.74. The molecule has 0 saturated heterocycles. The number of fused-ring (bicyclic) bond motifs is 2. The highest BCUT2D eigenvalue weighted by molar-refractivity contribution is 7.99. The lowest BCUT2D eigenvalue weighted by atomic mass is 10.1. The normalized spacial score (nSPS) is 12.1. The molecule has 4 rings (SSSR count). The molecule has 3 aromatic carbocycles. The molecule has 136 valence electrons. The average Bonchev–Trinajstić information content (AvgIpc) is 2.73. The van der Waals surface area contributed by atoms with Gasteiger partial charge in [0.25, 0.3) is 0 Å². The van der Waals surface area contributed by atoms with Gasteiger partial charge in [0.05, 0.1) is 25.6 Å². The molecule has 4 heteroatoms. The monoisotopic (exact) mass is 375 g/mol. The van der Waals surface area contributed by atoms with E-state index in [1.165, 1.54) is 26.7 Å². The average molecular weight is 375 g/mol. The fraction of sp³-hybridized carbons (Fsp3) is 0.130. The lowest BCUT2D eigenvalue weighted by molar-refractivity contribution is 0.371. The highest BCUT2D eigenvalue weighted by Gasteiger charge is 2.23. The Balaban J connectivity index is 1.72. The molecule has 0 fully saturated rings. The highest BCUT2D eigenvalue weighted by atomic mass is 32.2. The maximum atomic E-state index is 5.46. The molecule has 0 N–H and O–H groups in total. The topological polar surface area (TPSA) is 21.7 Å². The molecule has 0 aromatic heterocycles. The summed E-state index contributed by atoms with van der Waals surface area (Å²) >= 11 is 1.80. The van der Waals surface area contributed by atoms with Gasteiger partial charge in [0.1, 0.15) is 11.5 Å². The van der Waals surface area contributed by atoms with E-state index in [1.54, 1.807) is 26.0 Å². The number of anilines is 2. The Hall–Kier alpha value is -2.85. The second-order valence-electron chi connectivity index (χ2n) is 6.31. The third kappa shape index (κ3) is 3.40. The van der Waals surface area contributed by atoms with Gasteiger partial charge in [-0.2, -0.15) is 0 Å². The van der Waals surface area contributed by atoms with Gasteiger partial charge >= 0.3 is 0 Å². The van der Waals surface area contributed by atoms with Crippen LogP contribution in [-0.4, -0.2) is 14.2 Å². The number of hydrogen-bond acceptors (Lipinski definition) is 4. The Bertz CT molecular complexity index is 982. The minimum atomic E-state index is 0.677. The number of para-hydroxylation sites is 1. The van der Waals surface area contributed by atoms with Crippen LogP contribution in [0.5, 0.6) is 5.75 Å². The SMILES string of the molecule is C=C(OC)c1ccc(CN2c3ccccc3Sc3ccc(OC)cc32)cc1. The minimum absolute atomic E-state index is 0.677. The number of rotatable bonds is 5. The molecule has 1 heterocycles. The molecule has 1 aliphatic heterocycles. The van der Waals surface area contributed by atoms with E-state index in [0.717, 1.165) is 17.9 Å². The van der Waals surface area contributed by atoms with Crippen molar-refractivity contribution in [3.8, 4) is 5.75 Å². The van der Waals surface area contributed by atoms with Crippen LogP contribution in [0.2, 0.25) is 0 Å². The van der Waals surface area contributed by atoms with Crippen LogP contribution >= 0.6 is 11.8 Å². The zero-order chi connectivity index (χ0) is 18.8. The van der Waals surface area contributed by atoms with Gasteiger partial charge in [0, 0.05) is 28.0 Å². The summed E-state index contributed by atoms with van der Waals surface area (Å²) in [4.78, 5) is 4.85. The van der Waals surface area contributed by atoms with Gasteiger partial charge in [0.2, 0.25) is 0 Å². The van der Waals surface area contributed by atoms with E-state index < -0.39 is 0 Å². The Kier molecular flexibility index (Phi) is 4.82. The Morgan fingerprint density at radius 1 is 0.926 bits per heavy atom. The predicted octanol–water partition coefficient (Wildman–Crippen LogP) is 6.12. The van der Waals surface area contributed by atoms with E-state index in [9.17, 15) is 0 Å². The van der Waals surface area contributed by atoms with E-state index in [4.69, 9.17) is 9.47 Å². The quantitative estimate of drug-likeness (QED) is 0.501. The fourth-order valence-corrected chi connectivity index (χ4v) is 4.28. The van der Waals surface area contributed by atoms with Crippen molar-refractivity contribution in [1.82, 2.24) is 0 Å². The summed E-state index contributed by atoms with van der Waals surface area (Å²) in [7, 11) is 3.35. The van der Waals surface area contributed by atoms with E-state index >= 15 is 0 Å². The molecule has 27 heavy (non-hydrogen) atoms. The van der Waals surface area contributed by atoms with Crippen LogP contribution < -0.4 is 9.64 Å². The maximum absolute atomic E-state index is 5.46. The van der Waals surface area contributed by atoms with Gasteiger partial charge in [-0.05, 0) is 29.8 Å². The van der Waals surface area contributed by atoms with Crippen molar-refractivity contribution in [3.05, 3.63) is 84.4 Å². The largest absolute Gasteiger partial charge is 0.497 e. The van der Waals surface area contributed by atoms with Crippen molar-refractivity contribution >= 4 is 28.9 Å². The van der Waals surface area contributed by atoms with Crippen LogP contribution in [0.25, 0.3) is 5.76 Å². The molecule has 3 aromatic rings. The van der Waals surface area contributed by atoms with Crippen molar-refractivity contribution < 1.29 is 9.47 Å². The van der Waals surface area contributed by atoms with Crippen molar-refractivity contribution in [3.63, 3.8) is 0 Å². The summed E-state index contributed by atoms with van der Waals surface area (Å²) in [5, 5.41) is 0. The molecule has 0 unspecified atom stereocenters. The molecule has 1 aliphatic rings. The Morgan fingerprint density at radius 3 is 2.41 bits per heavy atom. The molecule has 0 bridgehead atoms. The molecule has 0 radical (unpaired) electrons. The maximum Gasteiger partial charge on any atom is 0.121 e. The summed E-state index contributed by atoms with van der Waals surface area (Å²) in [5.74, 6) is 1.54. The van der Waals surface area contributed by atoms with E-state index in [1.807, 2.05) is 6.07 Å². The molecule has 0 atom stereocenters. The summed E-state index contributed by atoms with van der Waals surface area (Å²) in [6.45, 7) is 4.69. The Morgan fingerprint density at radius 2 is 1.67 bits per heavy atom. The van der Waals surface area contributed by atoms with Gasteiger partial charge < -0.3 is 14.4 Å². The second kappa shape index (κ2) is 7.41. The van der Waals surface area contributed by atoms with Gasteiger partial charge in [-0.3, -0.25) is 0 Å². The standard InChI is InChI=1S/C23H21NO2S/c1-16(25-2)18-10-8-17(9-11-18)15-24-20-6-4-5-7-22(20)27-23-13-12-19(26-3)14-21(23)24/h4-14H,1,15H2,2-3H3. The number of ether oxygens (including phenoxy) is 2. The molecule has 0 spiro atoms. The van der Waals surface area contributed by atoms with Crippen molar-refractivity contribution in [2.75, 3.05) is 19.1 Å². The van der Waals surface area contributed by atoms with Crippen molar-refractivity contribution in [1.29, 1.82) is 0 Å². The van der Waals surface area contributed by atoms with E-state index in [-0.39, 0.29) is 0 Å².